The van der Waals surface area contributed by atoms with Gasteiger partial charge in [-0.1, -0.05) is 0 Å². The predicted molar refractivity (Wildman–Crippen MR) is 54.4 cm³/mol. The third-order valence-electron chi connectivity index (χ3n) is 2.35. The molecule has 1 aromatic carbocycles. The van der Waals surface area contributed by atoms with Crippen LogP contribution in [0.1, 0.15) is 30.5 Å². The van der Waals surface area contributed by atoms with Crippen molar-refractivity contribution in [2.75, 3.05) is 0 Å². The Morgan fingerprint density at radius 2 is 2.12 bits per heavy atom. The standard InChI is InChI=1S/C11H11FN2O2.Li/c1-6(2)14-9-5-7(12)3-4-8(9)13-10(14)11(15)16;/h3-6H,1-2H3,(H,15,16);/q;+1/p-1. The number of hydrogen-bond acceptors (Lipinski definition) is 3. The van der Waals surface area contributed by atoms with E-state index >= 15 is 0 Å². The fourth-order valence-electron chi connectivity index (χ4n) is 1.73. The molecule has 0 aliphatic rings. The van der Waals surface area contributed by atoms with E-state index in [0.717, 1.165) is 0 Å². The van der Waals surface area contributed by atoms with E-state index in [4.69, 9.17) is 0 Å². The van der Waals surface area contributed by atoms with E-state index in [1.807, 2.05) is 0 Å². The minimum atomic E-state index is -1.36. The molecule has 17 heavy (non-hydrogen) atoms. The summed E-state index contributed by atoms with van der Waals surface area (Å²) in [6.45, 7) is 3.61. The van der Waals surface area contributed by atoms with Crippen LogP contribution in [0.4, 0.5) is 4.39 Å². The number of carboxylic acid groups (broad SMARTS) is 1. The SMILES string of the molecule is CC(C)n1c(C(=O)[O-])nc2ccc(F)cc21.[Li+]. The molecule has 0 fully saturated rings. The van der Waals surface area contributed by atoms with Crippen LogP contribution in [0.3, 0.4) is 0 Å². The monoisotopic (exact) mass is 228 g/mol. The van der Waals surface area contributed by atoms with E-state index in [1.54, 1.807) is 13.8 Å². The van der Waals surface area contributed by atoms with Crippen LogP contribution in [0.5, 0.6) is 0 Å². The van der Waals surface area contributed by atoms with Gasteiger partial charge in [0.25, 0.3) is 0 Å². The third kappa shape index (κ3) is 2.35. The van der Waals surface area contributed by atoms with Crippen molar-refractivity contribution in [2.45, 2.75) is 19.9 Å². The number of hydrogen-bond donors (Lipinski definition) is 0. The van der Waals surface area contributed by atoms with Crippen molar-refractivity contribution in [3.63, 3.8) is 0 Å². The molecule has 84 valence electrons. The van der Waals surface area contributed by atoms with Crippen LogP contribution < -0.4 is 24.0 Å². The van der Waals surface area contributed by atoms with E-state index in [9.17, 15) is 14.3 Å². The summed E-state index contributed by atoms with van der Waals surface area (Å²) >= 11 is 0. The molecule has 2 rings (SSSR count). The first kappa shape index (κ1) is 13.8. The molecule has 0 aliphatic heterocycles. The van der Waals surface area contributed by atoms with Gasteiger partial charge in [0, 0.05) is 6.04 Å². The van der Waals surface area contributed by atoms with Gasteiger partial charge in [0.05, 0.1) is 11.0 Å². The van der Waals surface area contributed by atoms with Crippen molar-refractivity contribution in [3.8, 4) is 0 Å². The zero-order valence-corrected chi connectivity index (χ0v) is 9.90. The number of halogens is 1. The normalized spacial score (nSPS) is 10.6. The molecule has 0 N–H and O–H groups in total. The van der Waals surface area contributed by atoms with Gasteiger partial charge in [0.2, 0.25) is 0 Å². The first-order valence-corrected chi connectivity index (χ1v) is 4.89. The molecule has 2 aromatic rings. The Morgan fingerprint density at radius 3 is 2.65 bits per heavy atom. The molecular formula is C11H10FLiN2O2. The third-order valence-corrected chi connectivity index (χ3v) is 2.35. The van der Waals surface area contributed by atoms with Crippen LogP contribution in [0, 0.1) is 5.82 Å². The van der Waals surface area contributed by atoms with Crippen molar-refractivity contribution < 1.29 is 33.2 Å². The van der Waals surface area contributed by atoms with E-state index in [-0.39, 0.29) is 30.7 Å². The van der Waals surface area contributed by atoms with Crippen molar-refractivity contribution >= 4 is 17.0 Å². The van der Waals surface area contributed by atoms with Gasteiger partial charge in [-0.2, -0.15) is 0 Å². The number of carbonyl (C=O) groups is 1. The number of carboxylic acids is 1. The second-order valence-corrected chi connectivity index (χ2v) is 3.82. The van der Waals surface area contributed by atoms with Crippen LogP contribution in [-0.2, 0) is 0 Å². The van der Waals surface area contributed by atoms with Gasteiger partial charge in [-0.15, -0.1) is 0 Å². The Labute approximate surface area is 110 Å². The Balaban J connectivity index is 0.00000144. The van der Waals surface area contributed by atoms with Crippen LogP contribution >= 0.6 is 0 Å². The molecule has 0 unspecified atom stereocenters. The number of aromatic carboxylic acids is 1. The number of nitrogens with zero attached hydrogens (tertiary/aromatic N) is 2. The van der Waals surface area contributed by atoms with Gasteiger partial charge in [0.1, 0.15) is 11.8 Å². The van der Waals surface area contributed by atoms with Gasteiger partial charge in [-0.3, -0.25) is 0 Å². The van der Waals surface area contributed by atoms with Crippen LogP contribution in [0.15, 0.2) is 18.2 Å². The van der Waals surface area contributed by atoms with Crippen molar-refractivity contribution in [1.29, 1.82) is 0 Å². The number of benzene rings is 1. The fourth-order valence-corrected chi connectivity index (χ4v) is 1.73. The number of aromatic nitrogens is 2. The van der Waals surface area contributed by atoms with Crippen LogP contribution in [-0.4, -0.2) is 15.5 Å². The van der Waals surface area contributed by atoms with Crippen molar-refractivity contribution in [1.82, 2.24) is 9.55 Å². The summed E-state index contributed by atoms with van der Waals surface area (Å²) in [5, 5.41) is 10.9. The molecule has 1 heterocycles. The van der Waals surface area contributed by atoms with E-state index < -0.39 is 11.8 Å². The maximum Gasteiger partial charge on any atom is 1.00 e. The van der Waals surface area contributed by atoms with Crippen molar-refractivity contribution in [3.05, 3.63) is 29.8 Å². The molecule has 0 spiro atoms. The molecule has 1 aromatic heterocycles. The largest absolute Gasteiger partial charge is 1.00 e. The van der Waals surface area contributed by atoms with Gasteiger partial charge in [0.15, 0.2) is 5.82 Å². The molecule has 6 heteroatoms. The minimum absolute atomic E-state index is 0. The predicted octanol–water partition coefficient (Wildman–Crippen LogP) is -1.88. The van der Waals surface area contributed by atoms with Gasteiger partial charge in [-0.25, -0.2) is 9.37 Å². The summed E-state index contributed by atoms with van der Waals surface area (Å²) in [6, 6.07) is 3.85. The van der Waals surface area contributed by atoms with Crippen molar-refractivity contribution in [2.24, 2.45) is 0 Å². The summed E-state index contributed by atoms with van der Waals surface area (Å²) in [5.41, 5.74) is 0.920. The molecule has 4 nitrogen and oxygen atoms in total. The second kappa shape index (κ2) is 4.90. The van der Waals surface area contributed by atoms with Gasteiger partial charge in [-0.05, 0) is 32.0 Å². The molecule has 0 radical (unpaired) electrons. The van der Waals surface area contributed by atoms with E-state index in [0.29, 0.717) is 11.0 Å². The minimum Gasteiger partial charge on any atom is -0.542 e. The molecule has 0 aliphatic carbocycles. The molecular weight excluding hydrogens is 218 g/mol. The Bertz CT molecular complexity index is 566. The summed E-state index contributed by atoms with van der Waals surface area (Å²) < 4.78 is 14.5. The van der Waals surface area contributed by atoms with E-state index in [1.165, 1.54) is 22.8 Å². The molecule has 0 saturated heterocycles. The first-order chi connectivity index (χ1) is 7.50. The Kier molecular flexibility index (Phi) is 3.97. The second-order valence-electron chi connectivity index (χ2n) is 3.82. The summed E-state index contributed by atoms with van der Waals surface area (Å²) in [5.74, 6) is -1.94. The summed E-state index contributed by atoms with van der Waals surface area (Å²) in [7, 11) is 0. The van der Waals surface area contributed by atoms with E-state index in [2.05, 4.69) is 4.98 Å². The zero-order valence-electron chi connectivity index (χ0n) is 9.90. The van der Waals surface area contributed by atoms with Gasteiger partial charge < -0.3 is 14.5 Å². The number of carbonyl (C=O) groups excluding carboxylic acids is 1. The number of rotatable bonds is 2. The maximum atomic E-state index is 13.1. The molecule has 0 bridgehead atoms. The Hall–Kier alpha value is -1.31. The zero-order chi connectivity index (χ0) is 11.9. The maximum absolute atomic E-state index is 13.1. The average Bonchev–Trinajstić information content (AvgIpc) is 2.55. The smallest absolute Gasteiger partial charge is 0.542 e. The summed E-state index contributed by atoms with van der Waals surface area (Å²) in [4.78, 5) is 14.8. The average molecular weight is 228 g/mol. The van der Waals surface area contributed by atoms with Gasteiger partial charge >= 0.3 is 18.9 Å². The molecule has 0 saturated carbocycles. The van der Waals surface area contributed by atoms with Crippen LogP contribution in [0.25, 0.3) is 11.0 Å². The summed E-state index contributed by atoms with van der Waals surface area (Å²) in [6.07, 6.45) is 0. The topological polar surface area (TPSA) is 58.0 Å². The number of fused-ring (bicyclic) bond motifs is 1. The fraction of sp³-hybridized carbons (Fsp3) is 0.273. The first-order valence-electron chi connectivity index (χ1n) is 4.89. The molecule has 0 amide bonds. The quantitative estimate of drug-likeness (QED) is 0.565. The van der Waals surface area contributed by atoms with Crippen LogP contribution in [0.2, 0.25) is 0 Å². The molecule has 0 atom stereocenters. The number of imidazole rings is 1. The Morgan fingerprint density at radius 1 is 1.47 bits per heavy atom.